The van der Waals surface area contributed by atoms with E-state index in [1.54, 1.807) is 0 Å². The van der Waals surface area contributed by atoms with Crippen LogP contribution in [0, 0.1) is 12.3 Å². The number of fused-ring (bicyclic) bond motifs is 2. The molecule has 0 saturated carbocycles. The predicted molar refractivity (Wildman–Crippen MR) is 105 cm³/mol. The van der Waals surface area contributed by atoms with Gasteiger partial charge in [-0.05, 0) is 49.4 Å². The molecule has 1 aromatic carbocycles. The summed E-state index contributed by atoms with van der Waals surface area (Å²) in [4.78, 5) is 14.8. The summed E-state index contributed by atoms with van der Waals surface area (Å²) in [6, 6.07) is 7.78. The van der Waals surface area contributed by atoms with Crippen molar-refractivity contribution in [1.29, 1.82) is 0 Å². The molecule has 0 saturated heterocycles. The van der Waals surface area contributed by atoms with Crippen molar-refractivity contribution in [2.75, 3.05) is 13.3 Å². The molecular formula is C22H28N2O4. The van der Waals surface area contributed by atoms with Crippen LogP contribution in [0.3, 0.4) is 0 Å². The maximum atomic E-state index is 13.0. The molecule has 2 aromatic rings. The summed E-state index contributed by atoms with van der Waals surface area (Å²) in [5.74, 6) is 3.39. The van der Waals surface area contributed by atoms with Crippen LogP contribution in [0.4, 0.5) is 4.79 Å². The Balaban J connectivity index is 1.48. The van der Waals surface area contributed by atoms with Crippen LogP contribution in [0.25, 0.3) is 0 Å². The van der Waals surface area contributed by atoms with Crippen LogP contribution >= 0.6 is 0 Å². The second-order valence-electron chi connectivity index (χ2n) is 8.48. The van der Waals surface area contributed by atoms with Gasteiger partial charge in [0.1, 0.15) is 11.5 Å². The summed E-state index contributed by atoms with van der Waals surface area (Å²) in [5.41, 5.74) is 2.22. The van der Waals surface area contributed by atoms with E-state index in [1.807, 2.05) is 36.9 Å². The molecule has 4 rings (SSSR count). The van der Waals surface area contributed by atoms with Crippen LogP contribution in [-0.2, 0) is 13.0 Å². The second kappa shape index (κ2) is 7.08. The van der Waals surface area contributed by atoms with Crippen molar-refractivity contribution >= 4 is 6.03 Å². The SMILES string of the molecule is CCN(Cc1ccc2c(c1)OCO2)C(=O)NC1CC(C)(C)Cc2oc(C)cc21. The maximum absolute atomic E-state index is 13.0. The van der Waals surface area contributed by atoms with Gasteiger partial charge in [0.25, 0.3) is 0 Å². The van der Waals surface area contributed by atoms with Crippen molar-refractivity contribution in [2.24, 2.45) is 5.41 Å². The molecule has 6 nitrogen and oxygen atoms in total. The van der Waals surface area contributed by atoms with E-state index in [1.165, 1.54) is 0 Å². The van der Waals surface area contributed by atoms with Gasteiger partial charge in [-0.3, -0.25) is 0 Å². The topological polar surface area (TPSA) is 63.9 Å². The van der Waals surface area contributed by atoms with E-state index in [-0.39, 0.29) is 24.3 Å². The number of hydrogen-bond donors (Lipinski definition) is 1. The summed E-state index contributed by atoms with van der Waals surface area (Å²) >= 11 is 0. The fourth-order valence-corrected chi connectivity index (χ4v) is 4.14. The van der Waals surface area contributed by atoms with Crippen LogP contribution in [0.2, 0.25) is 0 Å². The van der Waals surface area contributed by atoms with Gasteiger partial charge in [0.05, 0.1) is 6.04 Å². The zero-order valence-corrected chi connectivity index (χ0v) is 17.0. The minimum absolute atomic E-state index is 0.0329. The van der Waals surface area contributed by atoms with E-state index < -0.39 is 0 Å². The van der Waals surface area contributed by atoms with E-state index in [4.69, 9.17) is 13.9 Å². The lowest BCUT2D eigenvalue weighted by atomic mass is 9.75. The molecule has 1 unspecified atom stereocenters. The Hall–Kier alpha value is -2.63. The highest BCUT2D eigenvalue weighted by Gasteiger charge is 2.36. The highest BCUT2D eigenvalue weighted by molar-refractivity contribution is 5.75. The Bertz CT molecular complexity index is 887. The van der Waals surface area contributed by atoms with Crippen LogP contribution in [-0.4, -0.2) is 24.3 Å². The number of ether oxygens (including phenoxy) is 2. The lowest BCUT2D eigenvalue weighted by molar-refractivity contribution is 0.173. The number of carbonyl (C=O) groups is 1. The molecule has 1 aliphatic carbocycles. The first-order valence-corrected chi connectivity index (χ1v) is 9.88. The van der Waals surface area contributed by atoms with Gasteiger partial charge >= 0.3 is 6.03 Å². The average molecular weight is 384 g/mol. The van der Waals surface area contributed by atoms with Crippen molar-refractivity contribution < 1.29 is 18.7 Å². The zero-order valence-electron chi connectivity index (χ0n) is 17.0. The largest absolute Gasteiger partial charge is 0.466 e. The highest BCUT2D eigenvalue weighted by atomic mass is 16.7. The number of aryl methyl sites for hydroxylation is 1. The second-order valence-corrected chi connectivity index (χ2v) is 8.48. The highest BCUT2D eigenvalue weighted by Crippen LogP contribution is 2.42. The Labute approximate surface area is 165 Å². The van der Waals surface area contributed by atoms with Crippen molar-refractivity contribution in [3.05, 3.63) is 46.9 Å². The van der Waals surface area contributed by atoms with Crippen LogP contribution in [0.5, 0.6) is 11.5 Å². The van der Waals surface area contributed by atoms with Gasteiger partial charge in [-0.1, -0.05) is 19.9 Å². The number of nitrogens with zero attached hydrogens (tertiary/aromatic N) is 1. The van der Waals surface area contributed by atoms with E-state index in [2.05, 4.69) is 25.2 Å². The first-order valence-electron chi connectivity index (χ1n) is 9.88. The summed E-state index contributed by atoms with van der Waals surface area (Å²) in [6.07, 6.45) is 1.80. The first kappa shape index (κ1) is 18.7. The molecule has 2 amide bonds. The molecule has 1 aromatic heterocycles. The number of rotatable bonds is 4. The van der Waals surface area contributed by atoms with Crippen LogP contribution in [0.1, 0.15) is 55.9 Å². The molecule has 0 radical (unpaired) electrons. The van der Waals surface area contributed by atoms with Gasteiger partial charge < -0.3 is 24.1 Å². The quantitative estimate of drug-likeness (QED) is 0.839. The summed E-state index contributed by atoms with van der Waals surface area (Å²) in [5, 5.41) is 3.24. The Morgan fingerprint density at radius 1 is 1.25 bits per heavy atom. The lowest BCUT2D eigenvalue weighted by Crippen LogP contribution is -2.43. The van der Waals surface area contributed by atoms with Crippen molar-refractivity contribution in [1.82, 2.24) is 10.2 Å². The molecule has 0 bridgehead atoms. The molecule has 1 aliphatic heterocycles. The lowest BCUT2D eigenvalue weighted by Gasteiger charge is -2.35. The van der Waals surface area contributed by atoms with Gasteiger partial charge in [-0.25, -0.2) is 4.79 Å². The molecule has 6 heteroatoms. The molecule has 28 heavy (non-hydrogen) atoms. The van der Waals surface area contributed by atoms with Crippen LogP contribution < -0.4 is 14.8 Å². The number of amides is 2. The third kappa shape index (κ3) is 3.68. The van der Waals surface area contributed by atoms with E-state index in [9.17, 15) is 4.79 Å². The van der Waals surface area contributed by atoms with Gasteiger partial charge in [0, 0.05) is 25.1 Å². The normalized spacial score (nSPS) is 19.2. The van der Waals surface area contributed by atoms with Gasteiger partial charge in [0.15, 0.2) is 11.5 Å². The van der Waals surface area contributed by atoms with Crippen molar-refractivity contribution in [2.45, 2.75) is 53.1 Å². The number of nitrogens with one attached hydrogen (secondary N) is 1. The Morgan fingerprint density at radius 2 is 2.04 bits per heavy atom. The monoisotopic (exact) mass is 384 g/mol. The maximum Gasteiger partial charge on any atom is 0.318 e. The molecule has 2 aliphatic rings. The molecule has 1 N–H and O–H groups in total. The third-order valence-electron chi connectivity index (χ3n) is 5.51. The fraction of sp³-hybridized carbons (Fsp3) is 0.500. The average Bonchev–Trinajstić information content (AvgIpc) is 3.23. The number of carbonyl (C=O) groups excluding carboxylic acids is 1. The molecular weight excluding hydrogens is 356 g/mol. The fourth-order valence-electron chi connectivity index (χ4n) is 4.14. The summed E-state index contributed by atoms with van der Waals surface area (Å²) in [6.45, 7) is 9.78. The summed E-state index contributed by atoms with van der Waals surface area (Å²) < 4.78 is 16.7. The minimum atomic E-state index is -0.0623. The van der Waals surface area contributed by atoms with Crippen LogP contribution in [0.15, 0.2) is 28.7 Å². The summed E-state index contributed by atoms with van der Waals surface area (Å²) in [7, 11) is 0. The molecule has 2 heterocycles. The number of hydrogen-bond acceptors (Lipinski definition) is 4. The molecule has 150 valence electrons. The van der Waals surface area contributed by atoms with E-state index in [0.29, 0.717) is 13.1 Å². The first-order chi connectivity index (χ1) is 13.3. The number of benzene rings is 1. The van der Waals surface area contributed by atoms with Crippen molar-refractivity contribution in [3.63, 3.8) is 0 Å². The molecule has 0 fully saturated rings. The zero-order chi connectivity index (χ0) is 19.9. The van der Waals surface area contributed by atoms with Gasteiger partial charge in [-0.15, -0.1) is 0 Å². The Kier molecular flexibility index (Phi) is 4.73. The van der Waals surface area contributed by atoms with E-state index in [0.717, 1.165) is 47.0 Å². The van der Waals surface area contributed by atoms with Gasteiger partial charge in [0.2, 0.25) is 6.79 Å². The minimum Gasteiger partial charge on any atom is -0.466 e. The number of urea groups is 1. The Morgan fingerprint density at radius 3 is 2.82 bits per heavy atom. The molecule has 1 atom stereocenters. The third-order valence-corrected chi connectivity index (χ3v) is 5.51. The predicted octanol–water partition coefficient (Wildman–Crippen LogP) is 4.56. The molecule has 0 spiro atoms. The number of furan rings is 1. The van der Waals surface area contributed by atoms with Crippen molar-refractivity contribution in [3.8, 4) is 11.5 Å². The van der Waals surface area contributed by atoms with Gasteiger partial charge in [-0.2, -0.15) is 0 Å². The smallest absolute Gasteiger partial charge is 0.318 e. The van der Waals surface area contributed by atoms with E-state index >= 15 is 0 Å². The standard InChI is InChI=1S/C22H28N2O4/c1-5-24(12-15-6-7-18-19(9-15)27-13-26-18)21(25)23-17-10-22(3,4)11-20-16(17)8-14(2)28-20/h6-9,17H,5,10-13H2,1-4H3,(H,23,25).